The van der Waals surface area contributed by atoms with Crippen molar-refractivity contribution in [3.8, 4) is 0 Å². The van der Waals surface area contributed by atoms with E-state index in [2.05, 4.69) is 16.0 Å². The summed E-state index contributed by atoms with van der Waals surface area (Å²) in [4.78, 5) is 26.4. The van der Waals surface area contributed by atoms with Crippen molar-refractivity contribution in [2.24, 2.45) is 0 Å². The predicted octanol–water partition coefficient (Wildman–Crippen LogP) is 4.56. The highest BCUT2D eigenvalue weighted by atomic mass is 19.4. The van der Waals surface area contributed by atoms with Crippen LogP contribution in [0.15, 0.2) is 42.5 Å². The Bertz CT molecular complexity index is 882. The average Bonchev–Trinajstić information content (AvgIpc) is 2.65. The van der Waals surface area contributed by atoms with Gasteiger partial charge in [-0.15, -0.1) is 0 Å². The maximum absolute atomic E-state index is 12.8. The highest BCUT2D eigenvalue weighted by Gasteiger charge is 2.30. The molecule has 29 heavy (non-hydrogen) atoms. The van der Waals surface area contributed by atoms with Crippen LogP contribution in [0.3, 0.4) is 0 Å². The van der Waals surface area contributed by atoms with E-state index in [4.69, 9.17) is 0 Å². The Morgan fingerprint density at radius 3 is 2.24 bits per heavy atom. The van der Waals surface area contributed by atoms with Gasteiger partial charge in [-0.1, -0.05) is 13.0 Å². The van der Waals surface area contributed by atoms with Crippen LogP contribution in [0.2, 0.25) is 0 Å². The van der Waals surface area contributed by atoms with E-state index in [0.29, 0.717) is 23.5 Å². The number of hydrogen-bond acceptors (Lipinski definition) is 3. The minimum atomic E-state index is -4.50. The Morgan fingerprint density at radius 1 is 1.00 bits per heavy atom. The molecule has 3 N–H and O–H groups in total. The zero-order valence-corrected chi connectivity index (χ0v) is 16.4. The summed E-state index contributed by atoms with van der Waals surface area (Å²) in [5.74, 6) is -0.280. The summed E-state index contributed by atoms with van der Waals surface area (Å²) in [6.45, 7) is 2.45. The van der Waals surface area contributed by atoms with Gasteiger partial charge in [0.05, 0.1) is 11.1 Å². The fraction of sp³-hybridized carbons (Fsp3) is 0.300. The number of nitrogens with one attached hydrogen (secondary N) is 3. The molecule has 3 amide bonds. The molecule has 0 bridgehead atoms. The van der Waals surface area contributed by atoms with E-state index in [0.717, 1.165) is 18.6 Å². The molecule has 0 fully saturated rings. The minimum absolute atomic E-state index is 0.00292. The Kier molecular flexibility index (Phi) is 7.08. The van der Waals surface area contributed by atoms with Crippen LogP contribution in [0.4, 0.5) is 35.0 Å². The van der Waals surface area contributed by atoms with Gasteiger partial charge < -0.3 is 20.9 Å². The van der Waals surface area contributed by atoms with Crippen molar-refractivity contribution in [2.75, 3.05) is 36.2 Å². The third-order valence-corrected chi connectivity index (χ3v) is 3.96. The predicted molar refractivity (Wildman–Crippen MR) is 107 cm³/mol. The second kappa shape index (κ2) is 9.31. The van der Waals surface area contributed by atoms with Crippen molar-refractivity contribution < 1.29 is 22.8 Å². The molecule has 0 spiro atoms. The van der Waals surface area contributed by atoms with Crippen LogP contribution in [0.1, 0.15) is 29.3 Å². The molecule has 2 aromatic rings. The smallest absolute Gasteiger partial charge is 0.377 e. The third-order valence-electron chi connectivity index (χ3n) is 3.96. The zero-order valence-electron chi connectivity index (χ0n) is 16.4. The second-order valence-corrected chi connectivity index (χ2v) is 6.54. The van der Waals surface area contributed by atoms with Crippen LogP contribution in [0, 0.1) is 0 Å². The van der Waals surface area contributed by atoms with E-state index in [-0.39, 0.29) is 11.6 Å². The van der Waals surface area contributed by atoms with Crippen LogP contribution >= 0.6 is 0 Å². The van der Waals surface area contributed by atoms with Gasteiger partial charge in [0.2, 0.25) is 0 Å². The Labute approximate surface area is 167 Å². The van der Waals surface area contributed by atoms with Crippen LogP contribution < -0.4 is 20.9 Å². The molecular formula is C20H23F3N4O2. The highest BCUT2D eigenvalue weighted by molar-refractivity contribution is 6.04. The van der Waals surface area contributed by atoms with E-state index in [1.807, 2.05) is 6.92 Å². The normalized spacial score (nSPS) is 11.0. The fourth-order valence-corrected chi connectivity index (χ4v) is 2.59. The standard InChI is InChI=1S/C20H23F3N4O2/c1-4-10-24-18(28)16-12-15(8-9-17(16)27(2)3)26-19(29)25-14-7-5-6-13(11-14)20(21,22)23/h5-9,11-12H,4,10H2,1-3H3,(H,24,28)(H2,25,26,29). The summed E-state index contributed by atoms with van der Waals surface area (Å²) >= 11 is 0. The maximum Gasteiger partial charge on any atom is 0.416 e. The van der Waals surface area contributed by atoms with Gasteiger partial charge in [0.15, 0.2) is 0 Å². The molecule has 2 aromatic carbocycles. The lowest BCUT2D eigenvalue weighted by Gasteiger charge is -2.18. The monoisotopic (exact) mass is 408 g/mol. The molecule has 156 valence electrons. The van der Waals surface area contributed by atoms with E-state index in [9.17, 15) is 22.8 Å². The van der Waals surface area contributed by atoms with Gasteiger partial charge >= 0.3 is 12.2 Å². The third kappa shape index (κ3) is 6.13. The molecule has 0 saturated carbocycles. The zero-order chi connectivity index (χ0) is 21.6. The van der Waals surface area contributed by atoms with Gasteiger partial charge in [0.1, 0.15) is 0 Å². The van der Waals surface area contributed by atoms with Crippen molar-refractivity contribution in [3.63, 3.8) is 0 Å². The van der Waals surface area contributed by atoms with Gasteiger partial charge in [-0.2, -0.15) is 13.2 Å². The molecule has 9 heteroatoms. The van der Waals surface area contributed by atoms with Crippen molar-refractivity contribution >= 4 is 29.0 Å². The number of alkyl halides is 3. The molecule has 0 aliphatic carbocycles. The molecular weight excluding hydrogens is 385 g/mol. The lowest BCUT2D eigenvalue weighted by atomic mass is 10.1. The summed E-state index contributed by atoms with van der Waals surface area (Å²) in [6, 6.07) is 8.42. The second-order valence-electron chi connectivity index (χ2n) is 6.54. The van der Waals surface area contributed by atoms with E-state index >= 15 is 0 Å². The summed E-state index contributed by atoms with van der Waals surface area (Å²) in [6.07, 6.45) is -3.72. The first-order valence-corrected chi connectivity index (χ1v) is 8.96. The molecule has 2 rings (SSSR count). The lowest BCUT2D eigenvalue weighted by Crippen LogP contribution is -2.27. The molecule has 0 aliphatic heterocycles. The lowest BCUT2D eigenvalue weighted by molar-refractivity contribution is -0.137. The van der Waals surface area contributed by atoms with Crippen molar-refractivity contribution in [1.82, 2.24) is 5.32 Å². The Hall–Kier alpha value is -3.23. The summed E-state index contributed by atoms with van der Waals surface area (Å²) in [5, 5.41) is 7.68. The number of anilines is 3. The number of nitrogens with zero attached hydrogens (tertiary/aromatic N) is 1. The average molecular weight is 408 g/mol. The van der Waals surface area contributed by atoms with Crippen LogP contribution in [0.25, 0.3) is 0 Å². The van der Waals surface area contributed by atoms with Crippen molar-refractivity contribution in [3.05, 3.63) is 53.6 Å². The molecule has 0 aliphatic rings. The SMILES string of the molecule is CCCNC(=O)c1cc(NC(=O)Nc2cccc(C(F)(F)F)c2)ccc1N(C)C. The number of carbonyl (C=O) groups excluding carboxylic acids is 2. The topological polar surface area (TPSA) is 73.5 Å². The van der Waals surface area contributed by atoms with Crippen LogP contribution in [0.5, 0.6) is 0 Å². The molecule has 0 saturated heterocycles. The number of rotatable bonds is 6. The van der Waals surface area contributed by atoms with Gasteiger partial charge in [0, 0.05) is 37.7 Å². The number of hydrogen-bond donors (Lipinski definition) is 3. The molecule has 0 radical (unpaired) electrons. The van der Waals surface area contributed by atoms with Gasteiger partial charge in [-0.25, -0.2) is 4.79 Å². The van der Waals surface area contributed by atoms with E-state index < -0.39 is 17.8 Å². The number of urea groups is 1. The van der Waals surface area contributed by atoms with Gasteiger partial charge in [-0.3, -0.25) is 4.79 Å². The number of carbonyl (C=O) groups is 2. The summed E-state index contributed by atoms with van der Waals surface area (Å²) < 4.78 is 38.4. The first kappa shape index (κ1) is 22.1. The largest absolute Gasteiger partial charge is 0.416 e. The molecule has 6 nitrogen and oxygen atoms in total. The minimum Gasteiger partial charge on any atom is -0.377 e. The highest BCUT2D eigenvalue weighted by Crippen LogP contribution is 2.30. The summed E-state index contributed by atoms with van der Waals surface area (Å²) in [5.41, 5.74) is 0.521. The number of halogens is 3. The summed E-state index contributed by atoms with van der Waals surface area (Å²) in [7, 11) is 3.58. The van der Waals surface area contributed by atoms with Crippen molar-refractivity contribution in [2.45, 2.75) is 19.5 Å². The first-order valence-electron chi connectivity index (χ1n) is 8.96. The van der Waals surface area contributed by atoms with Crippen LogP contribution in [-0.2, 0) is 6.18 Å². The van der Waals surface area contributed by atoms with E-state index in [1.165, 1.54) is 18.2 Å². The Morgan fingerprint density at radius 2 is 1.66 bits per heavy atom. The maximum atomic E-state index is 12.8. The first-order chi connectivity index (χ1) is 13.6. The molecule has 0 heterocycles. The number of amides is 3. The van der Waals surface area contributed by atoms with Gasteiger partial charge in [-0.05, 0) is 42.8 Å². The fourth-order valence-electron chi connectivity index (χ4n) is 2.59. The van der Waals surface area contributed by atoms with Gasteiger partial charge in [0.25, 0.3) is 5.91 Å². The Balaban J connectivity index is 2.17. The van der Waals surface area contributed by atoms with Crippen LogP contribution in [-0.4, -0.2) is 32.6 Å². The molecule has 0 unspecified atom stereocenters. The number of benzene rings is 2. The van der Waals surface area contributed by atoms with Crippen molar-refractivity contribution in [1.29, 1.82) is 0 Å². The van der Waals surface area contributed by atoms with E-state index in [1.54, 1.807) is 31.1 Å². The quantitative estimate of drug-likeness (QED) is 0.656. The molecule has 0 atom stereocenters. The molecule has 0 aromatic heterocycles.